The van der Waals surface area contributed by atoms with E-state index in [2.05, 4.69) is 4.98 Å². The highest BCUT2D eigenvalue weighted by molar-refractivity contribution is 7.93. The summed E-state index contributed by atoms with van der Waals surface area (Å²) in [6.07, 6.45) is 0. The molecule has 0 atom stereocenters. The molecule has 27 heavy (non-hydrogen) atoms. The Kier molecular flexibility index (Phi) is 5.61. The molecule has 7 N–H and O–H groups in total. The second kappa shape index (κ2) is 7.55. The molecule has 0 saturated carbocycles. The summed E-state index contributed by atoms with van der Waals surface area (Å²) in [4.78, 5) is 26.1. The number of carbonyl (C=O) groups is 2. The van der Waals surface area contributed by atoms with E-state index in [4.69, 9.17) is 22.0 Å². The molecule has 0 aliphatic carbocycles. The van der Waals surface area contributed by atoms with Crippen molar-refractivity contribution in [3.05, 3.63) is 35.2 Å². The van der Waals surface area contributed by atoms with Crippen molar-refractivity contribution in [3.63, 3.8) is 0 Å². The molecular formula is C13H13FN6O5S2. The van der Waals surface area contributed by atoms with E-state index >= 15 is 0 Å². The lowest BCUT2D eigenvalue weighted by Crippen LogP contribution is -2.42. The zero-order valence-corrected chi connectivity index (χ0v) is 15.0. The number of nitrogens with zero attached hydrogens (tertiary/aromatic N) is 2. The van der Waals surface area contributed by atoms with Crippen LogP contribution in [0.15, 0.2) is 28.6 Å². The van der Waals surface area contributed by atoms with Gasteiger partial charge in [-0.1, -0.05) is 0 Å². The number of amidine groups is 1. The molecule has 0 aliphatic heterocycles. The zero-order valence-electron chi connectivity index (χ0n) is 13.3. The van der Waals surface area contributed by atoms with Gasteiger partial charge in [0.25, 0.3) is 10.0 Å². The van der Waals surface area contributed by atoms with E-state index in [-0.39, 0.29) is 10.7 Å². The predicted octanol–water partition coefficient (Wildman–Crippen LogP) is 0.602. The number of thiazole rings is 1. The number of carbonyl (C=O) groups excluding carboxylic acids is 1. The number of hydrogen-bond donors (Lipinski definition) is 5. The standard InChI is InChI=1S/C13H13FN6O5S2/c14-7-3-6(1-2-8(7)20(13(17)23)4-9(15)16)27(24,25)19-11-10(12(21)22)18-5-26-11/h1-3,5,19H,4H2,(H3,15,16)(H2,17,23)(H,21,22). The number of nitrogens with two attached hydrogens (primary N) is 2. The minimum Gasteiger partial charge on any atom is -0.476 e. The van der Waals surface area contributed by atoms with Gasteiger partial charge in [0.05, 0.1) is 22.6 Å². The summed E-state index contributed by atoms with van der Waals surface area (Å²) in [6.45, 7) is -0.487. The van der Waals surface area contributed by atoms with Gasteiger partial charge in [-0.05, 0) is 18.2 Å². The molecule has 0 fully saturated rings. The van der Waals surface area contributed by atoms with Crippen molar-refractivity contribution in [2.24, 2.45) is 11.5 Å². The number of rotatable bonds is 7. The van der Waals surface area contributed by atoms with Crippen molar-refractivity contribution in [3.8, 4) is 0 Å². The quantitative estimate of drug-likeness (QED) is 0.322. The van der Waals surface area contributed by atoms with Crippen LogP contribution in [0.5, 0.6) is 0 Å². The van der Waals surface area contributed by atoms with Crippen LogP contribution in [0.1, 0.15) is 10.5 Å². The van der Waals surface area contributed by atoms with Crippen LogP contribution in [0.25, 0.3) is 0 Å². The van der Waals surface area contributed by atoms with Gasteiger partial charge in [0.2, 0.25) is 0 Å². The second-order valence-corrected chi connectivity index (χ2v) is 7.54. The summed E-state index contributed by atoms with van der Waals surface area (Å²) in [5, 5.41) is 15.9. The fourth-order valence-electron chi connectivity index (χ4n) is 1.98. The van der Waals surface area contributed by atoms with Crippen molar-refractivity contribution in [1.29, 1.82) is 5.41 Å². The van der Waals surface area contributed by atoms with Gasteiger partial charge in [0.15, 0.2) is 5.69 Å². The molecule has 1 aromatic heterocycles. The number of halogens is 1. The largest absolute Gasteiger partial charge is 0.476 e. The monoisotopic (exact) mass is 416 g/mol. The van der Waals surface area contributed by atoms with Gasteiger partial charge in [0, 0.05) is 0 Å². The Labute approximate surface area is 156 Å². The Balaban J connectivity index is 2.38. The summed E-state index contributed by atoms with van der Waals surface area (Å²) in [7, 11) is -4.33. The first-order valence-corrected chi connectivity index (χ1v) is 9.28. The Bertz CT molecular complexity index is 1020. The summed E-state index contributed by atoms with van der Waals surface area (Å²) < 4.78 is 41.1. The third kappa shape index (κ3) is 4.48. The minimum atomic E-state index is -4.33. The molecule has 2 rings (SSSR count). The Morgan fingerprint density at radius 3 is 2.56 bits per heavy atom. The highest BCUT2D eigenvalue weighted by Crippen LogP contribution is 2.27. The molecule has 1 heterocycles. The molecule has 0 radical (unpaired) electrons. The van der Waals surface area contributed by atoms with E-state index in [1.54, 1.807) is 0 Å². The van der Waals surface area contributed by atoms with Gasteiger partial charge in [-0.15, -0.1) is 11.3 Å². The number of nitrogens with one attached hydrogen (secondary N) is 2. The number of urea groups is 1. The van der Waals surface area contributed by atoms with E-state index in [1.807, 2.05) is 4.72 Å². The molecule has 0 aliphatic rings. The molecule has 144 valence electrons. The summed E-state index contributed by atoms with van der Waals surface area (Å²) >= 11 is 0.740. The molecule has 0 spiro atoms. The molecule has 0 unspecified atom stereocenters. The number of amides is 2. The first kappa shape index (κ1) is 20.1. The fourth-order valence-corrected chi connectivity index (χ4v) is 3.98. The predicted molar refractivity (Wildman–Crippen MR) is 95.1 cm³/mol. The van der Waals surface area contributed by atoms with Gasteiger partial charge in [-0.3, -0.25) is 15.0 Å². The molecule has 2 aromatic rings. The summed E-state index contributed by atoms with van der Waals surface area (Å²) in [5.74, 6) is -3.00. The topological polar surface area (TPSA) is 193 Å². The third-order valence-corrected chi connectivity index (χ3v) is 5.33. The van der Waals surface area contributed by atoms with E-state index in [9.17, 15) is 22.4 Å². The number of primary amides is 1. The van der Waals surface area contributed by atoms with Gasteiger partial charge >= 0.3 is 12.0 Å². The van der Waals surface area contributed by atoms with Crippen LogP contribution >= 0.6 is 11.3 Å². The lowest BCUT2D eigenvalue weighted by atomic mass is 10.2. The number of sulfonamides is 1. The zero-order chi connectivity index (χ0) is 20.4. The van der Waals surface area contributed by atoms with Crippen molar-refractivity contribution < 1.29 is 27.5 Å². The Hall–Kier alpha value is -3.26. The van der Waals surface area contributed by atoms with Crippen LogP contribution in [0.3, 0.4) is 0 Å². The lowest BCUT2D eigenvalue weighted by Gasteiger charge is -2.20. The van der Waals surface area contributed by atoms with Crippen LogP contribution in [0, 0.1) is 11.2 Å². The maximum Gasteiger partial charge on any atom is 0.357 e. The second-order valence-electron chi connectivity index (χ2n) is 5.00. The maximum absolute atomic E-state index is 14.4. The number of aromatic carboxylic acids is 1. The van der Waals surface area contributed by atoms with Gasteiger partial charge in [-0.25, -0.2) is 27.4 Å². The van der Waals surface area contributed by atoms with Crippen molar-refractivity contribution >= 4 is 49.9 Å². The van der Waals surface area contributed by atoms with Crippen LogP contribution < -0.4 is 21.1 Å². The lowest BCUT2D eigenvalue weighted by molar-refractivity contribution is 0.0692. The molecule has 2 amide bonds. The van der Waals surface area contributed by atoms with Crippen molar-refractivity contribution in [2.45, 2.75) is 4.90 Å². The Morgan fingerprint density at radius 1 is 1.37 bits per heavy atom. The van der Waals surface area contributed by atoms with E-state index in [1.165, 1.54) is 0 Å². The van der Waals surface area contributed by atoms with Crippen molar-refractivity contribution in [2.75, 3.05) is 16.2 Å². The van der Waals surface area contributed by atoms with E-state index in [0.717, 1.165) is 29.0 Å². The Morgan fingerprint density at radius 2 is 2.04 bits per heavy atom. The van der Waals surface area contributed by atoms with Crippen LogP contribution in [0.2, 0.25) is 0 Å². The number of carboxylic acid groups (broad SMARTS) is 1. The van der Waals surface area contributed by atoms with E-state index in [0.29, 0.717) is 11.0 Å². The summed E-state index contributed by atoms with van der Waals surface area (Å²) in [6, 6.07) is 1.49. The van der Waals surface area contributed by atoms with Crippen LogP contribution in [-0.4, -0.2) is 42.9 Å². The summed E-state index contributed by atoms with van der Waals surface area (Å²) in [5.41, 5.74) is 10.6. The molecular weight excluding hydrogens is 403 g/mol. The normalized spacial score (nSPS) is 11.0. The fraction of sp³-hybridized carbons (Fsp3) is 0.0769. The van der Waals surface area contributed by atoms with Gasteiger partial charge in [0.1, 0.15) is 16.7 Å². The molecule has 11 nitrogen and oxygen atoms in total. The number of carboxylic acids is 1. The number of anilines is 2. The SMILES string of the molecule is N=C(N)CN(C(N)=O)c1ccc(S(=O)(=O)Nc2scnc2C(=O)O)cc1F. The third-order valence-electron chi connectivity index (χ3n) is 3.11. The molecule has 1 aromatic carbocycles. The smallest absolute Gasteiger partial charge is 0.357 e. The highest BCUT2D eigenvalue weighted by atomic mass is 32.2. The first-order valence-electron chi connectivity index (χ1n) is 6.92. The first-order chi connectivity index (χ1) is 12.5. The number of benzene rings is 1. The van der Waals surface area contributed by atoms with Gasteiger partial charge in [-0.2, -0.15) is 0 Å². The van der Waals surface area contributed by atoms with Crippen molar-refractivity contribution in [1.82, 2.24) is 4.98 Å². The number of aromatic nitrogens is 1. The minimum absolute atomic E-state index is 0.248. The average molecular weight is 416 g/mol. The molecule has 14 heteroatoms. The molecule has 0 bridgehead atoms. The number of hydrogen-bond acceptors (Lipinski definition) is 7. The van der Waals surface area contributed by atoms with Crippen LogP contribution in [0.4, 0.5) is 19.9 Å². The van der Waals surface area contributed by atoms with Gasteiger partial charge < -0.3 is 16.6 Å². The highest BCUT2D eigenvalue weighted by Gasteiger charge is 2.24. The maximum atomic E-state index is 14.4. The van der Waals surface area contributed by atoms with Crippen LogP contribution in [-0.2, 0) is 10.0 Å². The van der Waals surface area contributed by atoms with E-state index < -0.39 is 50.8 Å². The molecule has 0 saturated heterocycles. The average Bonchev–Trinajstić information content (AvgIpc) is 3.00.